The topological polar surface area (TPSA) is 41.6 Å². The smallest absolute Gasteiger partial charge is 0.0721 e. The van der Waals surface area contributed by atoms with Crippen LogP contribution in [-0.2, 0) is 20.1 Å². The molecule has 0 fully saturated rings. The fraction of sp³-hybridized carbons (Fsp3) is 0.111. The van der Waals surface area contributed by atoms with Crippen molar-refractivity contribution in [2.24, 2.45) is 0 Å². The van der Waals surface area contributed by atoms with Crippen LogP contribution >= 0.6 is 0 Å². The second-order valence-electron chi connectivity index (χ2n) is 4.97. The Labute approximate surface area is 143 Å². The van der Waals surface area contributed by atoms with E-state index in [4.69, 9.17) is 5.26 Å². The Bertz CT molecular complexity index is 806. The molecule has 0 amide bonds. The molecule has 3 nitrogen and oxygen atoms in total. The zero-order chi connectivity index (χ0) is 14.8. The molecule has 2 aromatic carbocycles. The molecule has 0 aliphatic rings. The van der Waals surface area contributed by atoms with E-state index in [0.29, 0.717) is 5.56 Å². The van der Waals surface area contributed by atoms with Gasteiger partial charge in [-0.05, 0) is 36.7 Å². The van der Waals surface area contributed by atoms with Crippen LogP contribution in [0.4, 0.5) is 0 Å². The maximum atomic E-state index is 8.87. The Morgan fingerprint density at radius 3 is 2.41 bits per heavy atom. The first-order chi connectivity index (χ1) is 10.2. The Morgan fingerprint density at radius 1 is 1.09 bits per heavy atom. The number of aryl methyl sites for hydroxylation is 2. The van der Waals surface area contributed by atoms with E-state index in [1.807, 2.05) is 16.8 Å². The second kappa shape index (κ2) is 6.70. The maximum Gasteiger partial charge on any atom is 0.0721 e. The van der Waals surface area contributed by atoms with Gasteiger partial charge in [0.15, 0.2) is 0 Å². The van der Waals surface area contributed by atoms with Crippen LogP contribution in [0, 0.1) is 31.2 Å². The van der Waals surface area contributed by atoms with E-state index in [1.165, 1.54) is 16.7 Å². The number of nitriles is 1. The van der Waals surface area contributed by atoms with Gasteiger partial charge in [-0.1, -0.05) is 23.8 Å². The third-order valence-corrected chi connectivity index (χ3v) is 3.53. The molecule has 1 aromatic heterocycles. The summed E-state index contributed by atoms with van der Waals surface area (Å²) >= 11 is 0. The minimum atomic E-state index is 0. The number of benzene rings is 2. The Morgan fingerprint density at radius 2 is 1.82 bits per heavy atom. The molecule has 0 aliphatic heterocycles. The summed E-state index contributed by atoms with van der Waals surface area (Å²) in [5.74, 6) is 0. The molecule has 0 saturated heterocycles. The van der Waals surface area contributed by atoms with E-state index >= 15 is 0 Å². The van der Waals surface area contributed by atoms with E-state index in [9.17, 15) is 0 Å². The standard InChI is InChI=1S/C18H14N3.Ir/c1-13-4-3-5-14(2)18(13)17-10-11-20-21(17)16-8-6-15(12-19)7-9-16;/h3-8,10-11H,1-2H3;/q-1;. The molecule has 0 spiro atoms. The summed E-state index contributed by atoms with van der Waals surface area (Å²) in [7, 11) is 0. The van der Waals surface area contributed by atoms with Crippen LogP contribution in [-0.4, -0.2) is 9.78 Å². The molecule has 3 aromatic rings. The van der Waals surface area contributed by atoms with Gasteiger partial charge in [-0.2, -0.15) is 23.3 Å². The normalized spacial score (nSPS) is 9.86. The number of aromatic nitrogens is 2. The SMILES string of the molecule is Cc1cccc(C)c1-c1ccnn1-c1[c-]cc(C#N)cc1.[Ir]. The maximum absolute atomic E-state index is 8.87. The molecule has 4 heteroatoms. The second-order valence-corrected chi connectivity index (χ2v) is 4.97. The molecule has 1 heterocycles. The molecule has 111 valence electrons. The molecule has 0 saturated carbocycles. The van der Waals surface area contributed by atoms with Crippen LogP contribution in [0.1, 0.15) is 16.7 Å². The zero-order valence-corrected chi connectivity index (χ0v) is 14.7. The van der Waals surface area contributed by atoms with Gasteiger partial charge in [0.1, 0.15) is 0 Å². The molecule has 0 bridgehead atoms. The van der Waals surface area contributed by atoms with E-state index in [-0.39, 0.29) is 20.1 Å². The number of hydrogen-bond donors (Lipinski definition) is 0. The van der Waals surface area contributed by atoms with Crippen LogP contribution < -0.4 is 0 Å². The van der Waals surface area contributed by atoms with E-state index in [2.05, 4.69) is 49.3 Å². The van der Waals surface area contributed by atoms with Crippen LogP contribution in [0.15, 0.2) is 48.7 Å². The van der Waals surface area contributed by atoms with Crippen molar-refractivity contribution in [2.45, 2.75) is 13.8 Å². The molecule has 22 heavy (non-hydrogen) atoms. The van der Waals surface area contributed by atoms with E-state index in [0.717, 1.165) is 11.4 Å². The summed E-state index contributed by atoms with van der Waals surface area (Å²) in [5, 5.41) is 13.3. The van der Waals surface area contributed by atoms with Gasteiger partial charge in [-0.3, -0.25) is 4.68 Å². The van der Waals surface area contributed by atoms with Gasteiger partial charge >= 0.3 is 0 Å². The fourth-order valence-electron chi connectivity index (χ4n) is 2.52. The van der Waals surface area contributed by atoms with E-state index < -0.39 is 0 Å². The van der Waals surface area contributed by atoms with Crippen molar-refractivity contribution in [2.75, 3.05) is 0 Å². The number of nitrogens with zero attached hydrogens (tertiary/aromatic N) is 3. The predicted molar refractivity (Wildman–Crippen MR) is 82.0 cm³/mol. The van der Waals surface area contributed by atoms with Crippen molar-refractivity contribution >= 4 is 0 Å². The van der Waals surface area contributed by atoms with Crippen LogP contribution in [0.5, 0.6) is 0 Å². The quantitative estimate of drug-likeness (QED) is 0.541. The molecule has 1 radical (unpaired) electrons. The number of hydrogen-bond acceptors (Lipinski definition) is 2. The van der Waals surface area contributed by atoms with Gasteiger partial charge in [-0.15, -0.1) is 6.07 Å². The van der Waals surface area contributed by atoms with Crippen LogP contribution in [0.3, 0.4) is 0 Å². The summed E-state index contributed by atoms with van der Waals surface area (Å²) in [5.41, 5.74) is 6.08. The van der Waals surface area contributed by atoms with Gasteiger partial charge in [0.05, 0.1) is 5.69 Å². The van der Waals surface area contributed by atoms with Crippen molar-refractivity contribution < 1.29 is 20.1 Å². The predicted octanol–water partition coefficient (Wildman–Crippen LogP) is 3.83. The van der Waals surface area contributed by atoms with Gasteiger partial charge in [0.2, 0.25) is 0 Å². The van der Waals surface area contributed by atoms with Gasteiger partial charge < -0.3 is 0 Å². The molecule has 0 aliphatic carbocycles. The van der Waals surface area contributed by atoms with Crippen molar-refractivity contribution in [3.63, 3.8) is 0 Å². The third kappa shape index (κ3) is 2.87. The van der Waals surface area contributed by atoms with Gasteiger partial charge in [0, 0.05) is 37.9 Å². The van der Waals surface area contributed by atoms with E-state index in [1.54, 1.807) is 18.3 Å². The first-order valence-electron chi connectivity index (χ1n) is 6.73. The van der Waals surface area contributed by atoms with Crippen LogP contribution in [0.25, 0.3) is 16.9 Å². The van der Waals surface area contributed by atoms with Gasteiger partial charge in [0.25, 0.3) is 0 Å². The molecular formula is C18H14IrN3-. The first-order valence-corrected chi connectivity index (χ1v) is 6.73. The summed E-state index contributed by atoms with van der Waals surface area (Å²) in [4.78, 5) is 0. The monoisotopic (exact) mass is 465 g/mol. The molecular weight excluding hydrogens is 450 g/mol. The van der Waals surface area contributed by atoms with Crippen molar-refractivity contribution in [1.82, 2.24) is 9.78 Å². The minimum absolute atomic E-state index is 0. The Kier molecular flexibility index (Phi) is 4.92. The summed E-state index contributed by atoms with van der Waals surface area (Å²) < 4.78 is 1.86. The van der Waals surface area contributed by atoms with Crippen molar-refractivity contribution in [3.8, 4) is 23.0 Å². The minimum Gasteiger partial charge on any atom is -0.258 e. The van der Waals surface area contributed by atoms with Crippen LogP contribution in [0.2, 0.25) is 0 Å². The number of rotatable bonds is 2. The van der Waals surface area contributed by atoms with Crippen molar-refractivity contribution in [1.29, 1.82) is 5.26 Å². The fourth-order valence-corrected chi connectivity index (χ4v) is 2.52. The average molecular weight is 465 g/mol. The summed E-state index contributed by atoms with van der Waals surface area (Å²) in [6, 6.07) is 18.8. The Hall–Kier alpha value is -2.21. The molecule has 3 rings (SSSR count). The van der Waals surface area contributed by atoms with Crippen molar-refractivity contribution in [3.05, 3.63) is 71.4 Å². The first kappa shape index (κ1) is 16.2. The summed E-state index contributed by atoms with van der Waals surface area (Å²) in [6.07, 6.45) is 1.78. The Balaban J connectivity index is 0.00000176. The average Bonchev–Trinajstić information content (AvgIpc) is 2.96. The molecule has 0 unspecified atom stereocenters. The molecule has 0 atom stereocenters. The molecule has 0 N–H and O–H groups in total. The zero-order valence-electron chi connectivity index (χ0n) is 12.3. The largest absolute Gasteiger partial charge is 0.258 e. The summed E-state index contributed by atoms with van der Waals surface area (Å²) in [6.45, 7) is 4.20. The van der Waals surface area contributed by atoms with Gasteiger partial charge in [-0.25, -0.2) is 5.26 Å². The third-order valence-electron chi connectivity index (χ3n) is 3.53.